The number of pyridine rings is 1. The molecule has 0 saturated heterocycles. The third kappa shape index (κ3) is 5.31. The van der Waals surface area contributed by atoms with Crippen LogP contribution in [0.25, 0.3) is 0 Å². The highest BCUT2D eigenvalue weighted by atomic mass is 16.5. The minimum absolute atomic E-state index is 0.154. The molecule has 0 unspecified atom stereocenters. The number of hydrogen-bond donors (Lipinski definition) is 1. The summed E-state index contributed by atoms with van der Waals surface area (Å²) in [4.78, 5) is 16.6. The van der Waals surface area contributed by atoms with Crippen LogP contribution in [0.1, 0.15) is 21.6 Å². The fourth-order valence-corrected chi connectivity index (χ4v) is 2.62. The number of benzene rings is 2. The number of aromatic nitrogens is 1. The predicted octanol–water partition coefficient (Wildman–Crippen LogP) is 3.64. The maximum absolute atomic E-state index is 12.4. The molecule has 3 rings (SSSR count). The number of methoxy groups -OCH3 is 1. The summed E-state index contributed by atoms with van der Waals surface area (Å²) >= 11 is 0. The second kappa shape index (κ2) is 9.38. The van der Waals surface area contributed by atoms with E-state index in [-0.39, 0.29) is 5.91 Å². The van der Waals surface area contributed by atoms with Crippen LogP contribution in [-0.4, -0.2) is 24.5 Å². The highest BCUT2D eigenvalue weighted by molar-refractivity contribution is 5.94. The number of carbonyl (C=O) groups is 1. The molecule has 1 aromatic heterocycles. The SMILES string of the molecule is COc1cc(C(=O)NCCc2ccccn2)ccc1OCc1ccccc1. The van der Waals surface area contributed by atoms with Gasteiger partial charge in [0.1, 0.15) is 6.61 Å². The van der Waals surface area contributed by atoms with Crippen molar-refractivity contribution in [1.82, 2.24) is 10.3 Å². The van der Waals surface area contributed by atoms with E-state index >= 15 is 0 Å². The maximum Gasteiger partial charge on any atom is 0.251 e. The van der Waals surface area contributed by atoms with Crippen molar-refractivity contribution in [1.29, 1.82) is 0 Å². The van der Waals surface area contributed by atoms with Crippen LogP contribution in [0, 0.1) is 0 Å². The van der Waals surface area contributed by atoms with Gasteiger partial charge < -0.3 is 14.8 Å². The molecule has 0 aliphatic heterocycles. The molecule has 0 radical (unpaired) electrons. The number of hydrogen-bond acceptors (Lipinski definition) is 4. The first-order valence-electron chi connectivity index (χ1n) is 8.79. The van der Waals surface area contributed by atoms with Gasteiger partial charge in [-0.3, -0.25) is 9.78 Å². The highest BCUT2D eigenvalue weighted by Gasteiger charge is 2.11. The van der Waals surface area contributed by atoms with E-state index in [2.05, 4.69) is 10.3 Å². The second-order valence-corrected chi connectivity index (χ2v) is 5.97. The lowest BCUT2D eigenvalue weighted by Gasteiger charge is -2.12. The highest BCUT2D eigenvalue weighted by Crippen LogP contribution is 2.28. The lowest BCUT2D eigenvalue weighted by Crippen LogP contribution is -2.25. The van der Waals surface area contributed by atoms with Crippen molar-refractivity contribution in [2.24, 2.45) is 0 Å². The molecule has 0 spiro atoms. The Morgan fingerprint density at radius 2 is 1.81 bits per heavy atom. The van der Waals surface area contributed by atoms with Crippen molar-refractivity contribution in [3.8, 4) is 11.5 Å². The lowest BCUT2D eigenvalue weighted by molar-refractivity contribution is 0.0953. The van der Waals surface area contributed by atoms with E-state index in [1.54, 1.807) is 31.5 Å². The topological polar surface area (TPSA) is 60.5 Å². The summed E-state index contributed by atoms with van der Waals surface area (Å²) in [6, 6.07) is 20.8. The largest absolute Gasteiger partial charge is 0.493 e. The third-order valence-corrected chi connectivity index (χ3v) is 4.06. The van der Waals surface area contributed by atoms with Crippen LogP contribution in [0.3, 0.4) is 0 Å². The predicted molar refractivity (Wildman–Crippen MR) is 104 cm³/mol. The molecule has 27 heavy (non-hydrogen) atoms. The molecule has 2 aromatic carbocycles. The molecule has 0 fully saturated rings. The number of rotatable bonds is 8. The summed E-state index contributed by atoms with van der Waals surface area (Å²) in [5.74, 6) is 0.980. The van der Waals surface area contributed by atoms with Crippen LogP contribution in [-0.2, 0) is 13.0 Å². The summed E-state index contributed by atoms with van der Waals surface area (Å²) in [7, 11) is 1.56. The monoisotopic (exact) mass is 362 g/mol. The quantitative estimate of drug-likeness (QED) is 0.665. The zero-order valence-electron chi connectivity index (χ0n) is 15.2. The Hall–Kier alpha value is -3.34. The number of amides is 1. The second-order valence-electron chi connectivity index (χ2n) is 5.97. The maximum atomic E-state index is 12.4. The van der Waals surface area contributed by atoms with Crippen LogP contribution >= 0.6 is 0 Å². The van der Waals surface area contributed by atoms with E-state index in [1.807, 2.05) is 48.5 Å². The first-order valence-corrected chi connectivity index (χ1v) is 8.79. The molecule has 0 atom stereocenters. The molecule has 138 valence electrons. The van der Waals surface area contributed by atoms with Gasteiger partial charge in [0, 0.05) is 30.4 Å². The number of nitrogens with zero attached hydrogens (tertiary/aromatic N) is 1. The van der Waals surface area contributed by atoms with Gasteiger partial charge >= 0.3 is 0 Å². The van der Waals surface area contributed by atoms with Gasteiger partial charge in [-0.1, -0.05) is 36.4 Å². The van der Waals surface area contributed by atoms with Gasteiger partial charge in [-0.15, -0.1) is 0 Å². The molecular formula is C22H22N2O3. The summed E-state index contributed by atoms with van der Waals surface area (Å²) in [5, 5.41) is 2.90. The fraction of sp³-hybridized carbons (Fsp3) is 0.182. The molecule has 5 nitrogen and oxygen atoms in total. The van der Waals surface area contributed by atoms with Crippen LogP contribution in [0.2, 0.25) is 0 Å². The van der Waals surface area contributed by atoms with E-state index in [4.69, 9.17) is 9.47 Å². The summed E-state index contributed by atoms with van der Waals surface area (Å²) in [6.45, 7) is 0.956. The van der Waals surface area contributed by atoms with E-state index in [9.17, 15) is 4.79 Å². The Kier molecular flexibility index (Phi) is 6.41. The first-order chi connectivity index (χ1) is 13.3. The van der Waals surface area contributed by atoms with Crippen LogP contribution in [0.4, 0.5) is 0 Å². The van der Waals surface area contributed by atoms with Crippen LogP contribution < -0.4 is 14.8 Å². The molecule has 0 aliphatic rings. The average molecular weight is 362 g/mol. The van der Waals surface area contributed by atoms with Crippen molar-refractivity contribution >= 4 is 5.91 Å². The summed E-state index contributed by atoms with van der Waals surface area (Å²) in [6.07, 6.45) is 2.43. The normalized spacial score (nSPS) is 10.3. The molecule has 1 heterocycles. The average Bonchev–Trinajstić information content (AvgIpc) is 2.73. The van der Waals surface area contributed by atoms with Crippen molar-refractivity contribution in [3.05, 3.63) is 89.7 Å². The molecule has 0 aliphatic carbocycles. The fourth-order valence-electron chi connectivity index (χ4n) is 2.62. The van der Waals surface area contributed by atoms with Crippen molar-refractivity contribution in [3.63, 3.8) is 0 Å². The van der Waals surface area contributed by atoms with E-state index < -0.39 is 0 Å². The van der Waals surface area contributed by atoms with Crippen LogP contribution in [0.5, 0.6) is 11.5 Å². The minimum atomic E-state index is -0.154. The molecular weight excluding hydrogens is 340 g/mol. The van der Waals surface area contributed by atoms with Gasteiger partial charge in [0.2, 0.25) is 0 Å². The van der Waals surface area contributed by atoms with Crippen molar-refractivity contribution in [2.75, 3.05) is 13.7 Å². The molecule has 1 amide bonds. The van der Waals surface area contributed by atoms with Crippen molar-refractivity contribution in [2.45, 2.75) is 13.0 Å². The van der Waals surface area contributed by atoms with Gasteiger partial charge in [-0.05, 0) is 35.9 Å². The lowest BCUT2D eigenvalue weighted by atomic mass is 10.1. The molecule has 0 saturated carbocycles. The first kappa shape index (κ1) is 18.5. The number of nitrogens with one attached hydrogen (secondary N) is 1. The van der Waals surface area contributed by atoms with E-state index in [0.29, 0.717) is 36.6 Å². The zero-order chi connectivity index (χ0) is 18.9. The Bertz CT molecular complexity index is 867. The summed E-state index contributed by atoms with van der Waals surface area (Å²) in [5.41, 5.74) is 2.54. The van der Waals surface area contributed by atoms with Gasteiger partial charge in [0.25, 0.3) is 5.91 Å². The van der Waals surface area contributed by atoms with Crippen LogP contribution in [0.15, 0.2) is 72.9 Å². The Labute approximate surface area is 159 Å². The Balaban J connectivity index is 1.58. The molecule has 5 heteroatoms. The minimum Gasteiger partial charge on any atom is -0.493 e. The Morgan fingerprint density at radius 1 is 1.00 bits per heavy atom. The molecule has 1 N–H and O–H groups in total. The van der Waals surface area contributed by atoms with Gasteiger partial charge in [0.05, 0.1) is 7.11 Å². The Morgan fingerprint density at radius 3 is 2.56 bits per heavy atom. The number of ether oxygens (including phenoxy) is 2. The third-order valence-electron chi connectivity index (χ3n) is 4.06. The van der Waals surface area contributed by atoms with E-state index in [1.165, 1.54) is 0 Å². The van der Waals surface area contributed by atoms with Gasteiger partial charge in [0.15, 0.2) is 11.5 Å². The van der Waals surface area contributed by atoms with Gasteiger partial charge in [-0.2, -0.15) is 0 Å². The van der Waals surface area contributed by atoms with Gasteiger partial charge in [-0.25, -0.2) is 0 Å². The molecule has 0 bridgehead atoms. The number of carbonyl (C=O) groups excluding carboxylic acids is 1. The zero-order valence-corrected chi connectivity index (χ0v) is 15.2. The standard InChI is InChI=1S/C22H22N2O3/c1-26-21-15-18(22(25)24-14-12-19-9-5-6-13-23-19)10-11-20(21)27-16-17-7-3-2-4-8-17/h2-11,13,15H,12,14,16H2,1H3,(H,24,25). The van der Waals surface area contributed by atoms with Crippen molar-refractivity contribution < 1.29 is 14.3 Å². The van der Waals surface area contributed by atoms with E-state index in [0.717, 1.165) is 11.3 Å². The molecule has 3 aromatic rings. The smallest absolute Gasteiger partial charge is 0.251 e. The summed E-state index contributed by atoms with van der Waals surface area (Å²) < 4.78 is 11.2.